The second-order valence-electron chi connectivity index (χ2n) is 7.16. The highest BCUT2D eigenvalue weighted by atomic mass is 127. The van der Waals surface area contributed by atoms with Crippen molar-refractivity contribution >= 4 is 35.6 Å². The summed E-state index contributed by atoms with van der Waals surface area (Å²) >= 11 is 0. The van der Waals surface area contributed by atoms with Gasteiger partial charge in [0, 0.05) is 31.6 Å². The van der Waals surface area contributed by atoms with Gasteiger partial charge in [0.15, 0.2) is 5.96 Å². The van der Waals surface area contributed by atoms with Gasteiger partial charge in [0.2, 0.25) is 0 Å². The Kier molecular flexibility index (Phi) is 10.0. The molecule has 1 atom stereocenters. The van der Waals surface area contributed by atoms with Crippen LogP contribution < -0.4 is 5.32 Å². The first kappa shape index (κ1) is 24.1. The summed E-state index contributed by atoms with van der Waals surface area (Å²) in [6, 6.07) is 16.9. The number of para-hydroxylation sites is 1. The molecule has 0 spiro atoms. The molecule has 30 heavy (non-hydrogen) atoms. The van der Waals surface area contributed by atoms with Gasteiger partial charge in [-0.2, -0.15) is 0 Å². The largest absolute Gasteiger partial charge is 0.376 e. The summed E-state index contributed by atoms with van der Waals surface area (Å²) in [6.45, 7) is 6.18. The standard InChI is InChI=1S/C22H28N4O3.HI/c1-2-23-22(24-14-20-10-6-7-11-21(20)26(27)28)25-13-12-19(15-25)17-29-16-18-8-4-3-5-9-18;/h3-11,19H,2,12-17H2,1H3,(H,23,24);1H. The molecule has 162 valence electrons. The van der Waals surface area contributed by atoms with E-state index >= 15 is 0 Å². The molecule has 0 aliphatic carbocycles. The number of nitro groups is 1. The van der Waals surface area contributed by atoms with Crippen LogP contribution in [0.5, 0.6) is 0 Å². The summed E-state index contributed by atoms with van der Waals surface area (Å²) in [5, 5.41) is 14.5. The molecule has 2 aromatic rings. The van der Waals surface area contributed by atoms with Crippen LogP contribution in [0.3, 0.4) is 0 Å². The van der Waals surface area contributed by atoms with Crippen LogP contribution in [-0.2, 0) is 17.9 Å². The number of guanidine groups is 1. The van der Waals surface area contributed by atoms with Crippen molar-refractivity contribution in [2.24, 2.45) is 10.9 Å². The van der Waals surface area contributed by atoms with Crippen molar-refractivity contribution < 1.29 is 9.66 Å². The molecule has 3 rings (SSSR count). The van der Waals surface area contributed by atoms with E-state index in [1.54, 1.807) is 18.2 Å². The van der Waals surface area contributed by atoms with Gasteiger partial charge in [0.25, 0.3) is 5.69 Å². The molecule has 1 unspecified atom stereocenters. The fourth-order valence-corrected chi connectivity index (χ4v) is 3.49. The fourth-order valence-electron chi connectivity index (χ4n) is 3.49. The summed E-state index contributed by atoms with van der Waals surface area (Å²) < 4.78 is 5.90. The van der Waals surface area contributed by atoms with E-state index in [0.717, 1.165) is 38.6 Å². The molecule has 0 saturated carbocycles. The summed E-state index contributed by atoms with van der Waals surface area (Å²) in [4.78, 5) is 17.7. The zero-order valence-electron chi connectivity index (χ0n) is 17.2. The van der Waals surface area contributed by atoms with Gasteiger partial charge in [-0.05, 0) is 18.9 Å². The highest BCUT2D eigenvalue weighted by Gasteiger charge is 2.25. The molecule has 0 aromatic heterocycles. The third kappa shape index (κ3) is 6.94. The predicted molar refractivity (Wildman–Crippen MR) is 129 cm³/mol. The van der Waals surface area contributed by atoms with E-state index in [9.17, 15) is 10.1 Å². The summed E-state index contributed by atoms with van der Waals surface area (Å²) in [6.07, 6.45) is 1.05. The predicted octanol–water partition coefficient (Wildman–Crippen LogP) is 4.22. The van der Waals surface area contributed by atoms with Crippen molar-refractivity contribution in [3.8, 4) is 0 Å². The average Bonchev–Trinajstić information content (AvgIpc) is 3.21. The number of halogens is 1. The van der Waals surface area contributed by atoms with Crippen LogP contribution in [0, 0.1) is 16.0 Å². The monoisotopic (exact) mass is 524 g/mol. The van der Waals surface area contributed by atoms with Crippen LogP contribution in [0.4, 0.5) is 5.69 Å². The lowest BCUT2D eigenvalue weighted by Crippen LogP contribution is -2.40. The van der Waals surface area contributed by atoms with Gasteiger partial charge >= 0.3 is 0 Å². The third-order valence-corrected chi connectivity index (χ3v) is 4.97. The average molecular weight is 524 g/mol. The highest BCUT2D eigenvalue weighted by molar-refractivity contribution is 14.0. The number of nitrogens with zero attached hydrogens (tertiary/aromatic N) is 3. The van der Waals surface area contributed by atoms with Gasteiger partial charge in [-0.15, -0.1) is 24.0 Å². The quantitative estimate of drug-likeness (QED) is 0.184. The first-order valence-electron chi connectivity index (χ1n) is 10.0. The van der Waals surface area contributed by atoms with Crippen molar-refractivity contribution in [1.29, 1.82) is 0 Å². The summed E-state index contributed by atoms with van der Waals surface area (Å²) in [7, 11) is 0. The van der Waals surface area contributed by atoms with Crippen LogP contribution >= 0.6 is 24.0 Å². The molecule has 1 fully saturated rings. The van der Waals surface area contributed by atoms with Gasteiger partial charge in [-0.25, -0.2) is 4.99 Å². The van der Waals surface area contributed by atoms with Crippen molar-refractivity contribution in [2.75, 3.05) is 26.2 Å². The first-order chi connectivity index (χ1) is 14.2. The molecule has 8 heteroatoms. The Hall–Kier alpha value is -2.20. The number of likely N-dealkylation sites (tertiary alicyclic amines) is 1. The summed E-state index contributed by atoms with van der Waals surface area (Å²) in [5.74, 6) is 1.25. The minimum atomic E-state index is -0.353. The maximum absolute atomic E-state index is 11.2. The molecule has 1 saturated heterocycles. The number of ether oxygens (including phenoxy) is 1. The lowest BCUT2D eigenvalue weighted by Gasteiger charge is -2.21. The Balaban J connectivity index is 0.00000320. The van der Waals surface area contributed by atoms with Gasteiger partial charge in [-0.1, -0.05) is 48.5 Å². The Labute approximate surface area is 194 Å². The summed E-state index contributed by atoms with van der Waals surface area (Å²) in [5.41, 5.74) is 1.91. The molecular formula is C22H29IN4O3. The maximum Gasteiger partial charge on any atom is 0.274 e. The van der Waals surface area contributed by atoms with E-state index in [-0.39, 0.29) is 41.1 Å². The zero-order valence-corrected chi connectivity index (χ0v) is 19.5. The minimum absolute atomic E-state index is 0. The zero-order chi connectivity index (χ0) is 20.5. The molecule has 0 radical (unpaired) electrons. The fraction of sp³-hybridized carbons (Fsp3) is 0.409. The third-order valence-electron chi connectivity index (χ3n) is 4.97. The number of nitrogens with one attached hydrogen (secondary N) is 1. The molecular weight excluding hydrogens is 495 g/mol. The number of rotatable bonds is 8. The molecule has 1 aliphatic rings. The maximum atomic E-state index is 11.2. The van der Waals surface area contributed by atoms with E-state index in [2.05, 4.69) is 27.3 Å². The minimum Gasteiger partial charge on any atom is -0.376 e. The smallest absolute Gasteiger partial charge is 0.274 e. The van der Waals surface area contributed by atoms with Crippen LogP contribution in [0.1, 0.15) is 24.5 Å². The molecule has 0 amide bonds. The van der Waals surface area contributed by atoms with Gasteiger partial charge in [0.05, 0.1) is 30.2 Å². The Bertz CT molecular complexity index is 832. The lowest BCUT2D eigenvalue weighted by molar-refractivity contribution is -0.385. The van der Waals surface area contributed by atoms with Crippen LogP contribution in [-0.4, -0.2) is 42.0 Å². The SMILES string of the molecule is CCNC(=NCc1ccccc1[N+](=O)[O-])N1CCC(COCc2ccccc2)C1.I. The van der Waals surface area contributed by atoms with E-state index < -0.39 is 0 Å². The topological polar surface area (TPSA) is 80.0 Å². The molecule has 1 heterocycles. The second-order valence-corrected chi connectivity index (χ2v) is 7.16. The number of hydrogen-bond acceptors (Lipinski definition) is 4. The van der Waals surface area contributed by atoms with Crippen molar-refractivity contribution in [2.45, 2.75) is 26.5 Å². The molecule has 7 nitrogen and oxygen atoms in total. The van der Waals surface area contributed by atoms with E-state index in [0.29, 0.717) is 18.1 Å². The van der Waals surface area contributed by atoms with Gasteiger partial charge in [-0.3, -0.25) is 10.1 Å². The Morgan fingerprint density at radius 3 is 2.70 bits per heavy atom. The normalized spacial score (nSPS) is 16.2. The van der Waals surface area contributed by atoms with Crippen molar-refractivity contribution in [1.82, 2.24) is 10.2 Å². The number of benzene rings is 2. The van der Waals surface area contributed by atoms with Gasteiger partial charge < -0.3 is 15.0 Å². The van der Waals surface area contributed by atoms with Crippen LogP contribution in [0.15, 0.2) is 59.6 Å². The molecule has 2 aromatic carbocycles. The van der Waals surface area contributed by atoms with E-state index in [1.807, 2.05) is 25.1 Å². The molecule has 1 N–H and O–H groups in total. The van der Waals surface area contributed by atoms with Gasteiger partial charge in [0.1, 0.15) is 0 Å². The highest BCUT2D eigenvalue weighted by Crippen LogP contribution is 2.20. The van der Waals surface area contributed by atoms with Crippen molar-refractivity contribution in [3.05, 3.63) is 75.8 Å². The number of nitro benzene ring substituents is 1. The van der Waals surface area contributed by atoms with Crippen molar-refractivity contribution in [3.63, 3.8) is 0 Å². The van der Waals surface area contributed by atoms with Crippen LogP contribution in [0.2, 0.25) is 0 Å². The number of hydrogen-bond donors (Lipinski definition) is 1. The number of aliphatic imine (C=N–C) groups is 1. The Morgan fingerprint density at radius 2 is 1.97 bits per heavy atom. The molecule has 1 aliphatic heterocycles. The molecule has 0 bridgehead atoms. The lowest BCUT2D eigenvalue weighted by atomic mass is 10.1. The Morgan fingerprint density at radius 1 is 1.23 bits per heavy atom. The second kappa shape index (κ2) is 12.5. The van der Waals surface area contributed by atoms with E-state index in [4.69, 9.17) is 4.74 Å². The first-order valence-corrected chi connectivity index (χ1v) is 10.0. The van der Waals surface area contributed by atoms with Crippen LogP contribution in [0.25, 0.3) is 0 Å². The van der Waals surface area contributed by atoms with E-state index in [1.165, 1.54) is 11.6 Å².